The second kappa shape index (κ2) is 12.3. The SMILES string of the molecule is Cc1ccc(-c2nc3ccc(C(=O)N(CCC(C)C)CCC(C)C)cn3c2CCCN(C)C)nc1. The fourth-order valence-electron chi connectivity index (χ4n) is 4.16. The minimum Gasteiger partial charge on any atom is -0.339 e. The maximum atomic E-state index is 13.6. The van der Waals surface area contributed by atoms with Crippen LogP contribution in [0, 0.1) is 18.8 Å². The third-order valence-electron chi connectivity index (χ3n) is 6.38. The number of aryl methyl sites for hydroxylation is 2. The van der Waals surface area contributed by atoms with Gasteiger partial charge in [0.2, 0.25) is 0 Å². The first-order valence-electron chi connectivity index (χ1n) is 13.0. The van der Waals surface area contributed by atoms with Crippen LogP contribution in [-0.4, -0.2) is 63.8 Å². The Bertz CT molecular complexity index is 1090. The smallest absolute Gasteiger partial charge is 0.255 e. The fourth-order valence-corrected chi connectivity index (χ4v) is 4.16. The van der Waals surface area contributed by atoms with E-state index in [1.165, 1.54) is 0 Å². The average Bonchev–Trinajstić information content (AvgIpc) is 3.16. The van der Waals surface area contributed by atoms with E-state index in [-0.39, 0.29) is 5.91 Å². The summed E-state index contributed by atoms with van der Waals surface area (Å²) in [5.41, 5.74) is 5.60. The highest BCUT2D eigenvalue weighted by Crippen LogP contribution is 2.25. The molecule has 3 rings (SSSR count). The first-order chi connectivity index (χ1) is 16.7. The van der Waals surface area contributed by atoms with Gasteiger partial charge in [-0.1, -0.05) is 33.8 Å². The Morgan fingerprint density at radius 1 is 0.971 bits per heavy atom. The maximum absolute atomic E-state index is 13.6. The van der Waals surface area contributed by atoms with Crippen molar-refractivity contribution < 1.29 is 4.79 Å². The molecule has 35 heavy (non-hydrogen) atoms. The van der Waals surface area contributed by atoms with Crippen molar-refractivity contribution in [2.24, 2.45) is 11.8 Å². The van der Waals surface area contributed by atoms with Crippen molar-refractivity contribution in [1.29, 1.82) is 0 Å². The Balaban J connectivity index is 1.99. The molecule has 3 aromatic heterocycles. The zero-order valence-electron chi connectivity index (χ0n) is 22.7. The predicted octanol–water partition coefficient (Wildman–Crippen LogP) is 5.73. The lowest BCUT2D eigenvalue weighted by Crippen LogP contribution is -2.34. The molecule has 0 aliphatic carbocycles. The number of aromatic nitrogens is 3. The summed E-state index contributed by atoms with van der Waals surface area (Å²) in [6, 6.07) is 8.02. The van der Waals surface area contributed by atoms with Crippen molar-refractivity contribution in [3.05, 3.63) is 53.5 Å². The van der Waals surface area contributed by atoms with Gasteiger partial charge in [0.25, 0.3) is 5.91 Å². The van der Waals surface area contributed by atoms with Gasteiger partial charge in [-0.15, -0.1) is 0 Å². The van der Waals surface area contributed by atoms with Crippen LogP contribution >= 0.6 is 0 Å². The standard InChI is InChI=1S/C29H43N5O/c1-21(2)14-17-33(18-15-22(3)4)29(35)24-11-13-27-31-28(25-12-10-23(5)19-30-25)26(34(27)20-24)9-8-16-32(6)7/h10-13,19-22H,8-9,14-18H2,1-7H3. The molecule has 0 saturated heterocycles. The van der Waals surface area contributed by atoms with Gasteiger partial charge in [0.05, 0.1) is 17.0 Å². The summed E-state index contributed by atoms with van der Waals surface area (Å²) in [6.07, 6.45) is 7.77. The maximum Gasteiger partial charge on any atom is 0.255 e. The second-order valence-electron chi connectivity index (χ2n) is 10.8. The van der Waals surface area contributed by atoms with E-state index in [1.807, 2.05) is 42.4 Å². The Labute approximate surface area is 211 Å². The van der Waals surface area contributed by atoms with Crippen LogP contribution in [0.2, 0.25) is 0 Å². The zero-order chi connectivity index (χ0) is 25.5. The summed E-state index contributed by atoms with van der Waals surface area (Å²) >= 11 is 0. The minimum atomic E-state index is 0.108. The summed E-state index contributed by atoms with van der Waals surface area (Å²) in [5, 5.41) is 0. The molecule has 0 aliphatic rings. The third-order valence-corrected chi connectivity index (χ3v) is 6.38. The van der Waals surface area contributed by atoms with Gasteiger partial charge in [-0.2, -0.15) is 0 Å². The van der Waals surface area contributed by atoms with Crippen LogP contribution in [0.15, 0.2) is 36.7 Å². The molecule has 190 valence electrons. The van der Waals surface area contributed by atoms with Crippen LogP contribution < -0.4 is 0 Å². The Morgan fingerprint density at radius 3 is 2.23 bits per heavy atom. The van der Waals surface area contributed by atoms with E-state index in [2.05, 4.69) is 62.1 Å². The molecule has 0 fully saturated rings. The summed E-state index contributed by atoms with van der Waals surface area (Å²) in [7, 11) is 4.19. The van der Waals surface area contributed by atoms with Crippen LogP contribution in [0.25, 0.3) is 17.0 Å². The molecule has 3 aromatic rings. The third kappa shape index (κ3) is 7.38. The molecule has 0 bridgehead atoms. The minimum absolute atomic E-state index is 0.108. The van der Waals surface area contributed by atoms with Gasteiger partial charge in [0.1, 0.15) is 11.3 Å². The number of hydrogen-bond acceptors (Lipinski definition) is 4. The van der Waals surface area contributed by atoms with E-state index >= 15 is 0 Å². The normalized spacial score (nSPS) is 11.8. The second-order valence-corrected chi connectivity index (χ2v) is 10.8. The molecule has 0 unspecified atom stereocenters. The fraction of sp³-hybridized carbons (Fsp3) is 0.552. The van der Waals surface area contributed by atoms with Gasteiger partial charge < -0.3 is 14.2 Å². The molecule has 0 spiro atoms. The average molecular weight is 478 g/mol. The van der Waals surface area contributed by atoms with E-state index < -0.39 is 0 Å². The number of pyridine rings is 2. The first kappa shape index (κ1) is 26.9. The topological polar surface area (TPSA) is 53.7 Å². The predicted molar refractivity (Wildman–Crippen MR) is 145 cm³/mol. The van der Waals surface area contributed by atoms with Gasteiger partial charge in [0.15, 0.2) is 0 Å². The van der Waals surface area contributed by atoms with Crippen LogP contribution in [0.1, 0.15) is 68.6 Å². The van der Waals surface area contributed by atoms with E-state index in [9.17, 15) is 4.79 Å². The van der Waals surface area contributed by atoms with E-state index in [1.54, 1.807) is 0 Å². The number of carbonyl (C=O) groups is 1. The molecule has 6 heteroatoms. The lowest BCUT2D eigenvalue weighted by molar-refractivity contribution is 0.0740. The van der Waals surface area contributed by atoms with E-state index in [0.29, 0.717) is 11.8 Å². The van der Waals surface area contributed by atoms with Crippen molar-refractivity contribution in [3.8, 4) is 11.4 Å². The van der Waals surface area contributed by atoms with Crippen molar-refractivity contribution >= 4 is 11.6 Å². The highest BCUT2D eigenvalue weighted by atomic mass is 16.2. The number of fused-ring (bicyclic) bond motifs is 1. The highest BCUT2D eigenvalue weighted by Gasteiger charge is 2.20. The van der Waals surface area contributed by atoms with E-state index in [4.69, 9.17) is 4.98 Å². The molecule has 0 radical (unpaired) electrons. The first-order valence-corrected chi connectivity index (χ1v) is 13.0. The van der Waals surface area contributed by atoms with Crippen molar-refractivity contribution in [2.45, 2.75) is 60.3 Å². The monoisotopic (exact) mass is 477 g/mol. The molecule has 1 amide bonds. The van der Waals surface area contributed by atoms with Gasteiger partial charge in [-0.3, -0.25) is 9.78 Å². The summed E-state index contributed by atoms with van der Waals surface area (Å²) in [4.78, 5) is 27.4. The number of carbonyl (C=O) groups excluding carboxylic acids is 1. The quantitative estimate of drug-likeness (QED) is 0.334. The summed E-state index contributed by atoms with van der Waals surface area (Å²) in [5.74, 6) is 1.23. The zero-order valence-corrected chi connectivity index (χ0v) is 22.7. The van der Waals surface area contributed by atoms with Crippen molar-refractivity contribution in [3.63, 3.8) is 0 Å². The number of amides is 1. The number of rotatable bonds is 12. The molecular weight excluding hydrogens is 434 g/mol. The lowest BCUT2D eigenvalue weighted by atomic mass is 10.1. The molecule has 0 N–H and O–H groups in total. The number of nitrogens with zero attached hydrogens (tertiary/aromatic N) is 5. The Morgan fingerprint density at radius 2 is 1.66 bits per heavy atom. The van der Waals surface area contributed by atoms with Gasteiger partial charge >= 0.3 is 0 Å². The molecule has 6 nitrogen and oxygen atoms in total. The number of hydrogen-bond donors (Lipinski definition) is 0. The highest BCUT2D eigenvalue weighted by molar-refractivity contribution is 5.94. The van der Waals surface area contributed by atoms with Gasteiger partial charge in [-0.25, -0.2) is 4.98 Å². The summed E-state index contributed by atoms with van der Waals surface area (Å²) < 4.78 is 2.11. The Kier molecular flexibility index (Phi) is 9.44. The number of imidazole rings is 1. The lowest BCUT2D eigenvalue weighted by Gasteiger charge is -2.24. The molecule has 0 aliphatic heterocycles. The summed E-state index contributed by atoms with van der Waals surface area (Å²) in [6.45, 7) is 13.5. The van der Waals surface area contributed by atoms with E-state index in [0.717, 1.165) is 79.2 Å². The Hall–Kier alpha value is -2.73. The van der Waals surface area contributed by atoms with Crippen LogP contribution in [-0.2, 0) is 6.42 Å². The van der Waals surface area contributed by atoms with Gasteiger partial charge in [-0.05, 0) is 88.8 Å². The molecule has 0 saturated carbocycles. The van der Waals surface area contributed by atoms with Crippen LogP contribution in [0.3, 0.4) is 0 Å². The molecule has 0 atom stereocenters. The van der Waals surface area contributed by atoms with Gasteiger partial charge in [0, 0.05) is 25.5 Å². The molecule has 3 heterocycles. The molecule has 0 aromatic carbocycles. The van der Waals surface area contributed by atoms with Crippen molar-refractivity contribution in [1.82, 2.24) is 24.2 Å². The largest absolute Gasteiger partial charge is 0.339 e. The molecular formula is C29H43N5O. The van der Waals surface area contributed by atoms with Crippen molar-refractivity contribution in [2.75, 3.05) is 33.7 Å². The van der Waals surface area contributed by atoms with Crippen LogP contribution in [0.5, 0.6) is 0 Å². The van der Waals surface area contributed by atoms with Crippen LogP contribution in [0.4, 0.5) is 0 Å².